The molecule has 2 aliphatic heterocycles. The van der Waals surface area contributed by atoms with E-state index in [9.17, 15) is 4.79 Å². The number of nitrogens with one attached hydrogen (secondary N) is 1. The summed E-state index contributed by atoms with van der Waals surface area (Å²) in [6.45, 7) is 2.04. The molecular weight excluding hydrogens is 248 g/mol. The van der Waals surface area contributed by atoms with Crippen LogP contribution in [0, 0.1) is 0 Å². The van der Waals surface area contributed by atoms with Crippen LogP contribution in [-0.2, 0) is 14.4 Å². The third-order valence-electron chi connectivity index (χ3n) is 3.43. The van der Waals surface area contributed by atoms with Crippen LogP contribution >= 0.6 is 11.8 Å². The molecule has 0 aromatic heterocycles. The first kappa shape index (κ1) is 12.0. The summed E-state index contributed by atoms with van der Waals surface area (Å²) >= 11 is 1.70. The minimum absolute atomic E-state index is 0.142. The van der Waals surface area contributed by atoms with Crippen LogP contribution in [0.25, 0.3) is 0 Å². The molecule has 1 N–H and O–H groups in total. The van der Waals surface area contributed by atoms with Gasteiger partial charge in [-0.3, -0.25) is 10.1 Å². The molecule has 1 aromatic carbocycles. The first-order chi connectivity index (χ1) is 8.79. The van der Waals surface area contributed by atoms with E-state index in [0.717, 1.165) is 23.5 Å². The number of rotatable bonds is 3. The van der Waals surface area contributed by atoms with E-state index in [0.29, 0.717) is 13.2 Å². The summed E-state index contributed by atoms with van der Waals surface area (Å²) in [5.74, 6) is 1.11. The van der Waals surface area contributed by atoms with Gasteiger partial charge in [-0.15, -0.1) is 11.8 Å². The van der Waals surface area contributed by atoms with Crippen molar-refractivity contribution in [2.45, 2.75) is 4.87 Å². The lowest BCUT2D eigenvalue weighted by molar-refractivity contribution is -0.121. The molecule has 1 fully saturated rings. The molecule has 1 amide bonds. The van der Waals surface area contributed by atoms with Gasteiger partial charge in [-0.1, -0.05) is 18.2 Å². The second-order valence-corrected chi connectivity index (χ2v) is 5.73. The Morgan fingerprint density at radius 1 is 1.50 bits per heavy atom. The van der Waals surface area contributed by atoms with Gasteiger partial charge in [-0.2, -0.15) is 0 Å². The van der Waals surface area contributed by atoms with Gasteiger partial charge in [0.25, 0.3) is 5.91 Å². The normalized spacial score (nSPS) is 26.1. The minimum atomic E-state index is -0.551. The second kappa shape index (κ2) is 4.57. The van der Waals surface area contributed by atoms with E-state index in [1.54, 1.807) is 18.9 Å². The third kappa shape index (κ3) is 1.58. The number of hydrogen-bond acceptors (Lipinski definition) is 4. The number of anilines is 1. The van der Waals surface area contributed by atoms with Crippen molar-refractivity contribution in [1.82, 2.24) is 5.32 Å². The molecule has 0 saturated carbocycles. The van der Waals surface area contributed by atoms with Gasteiger partial charge in [0.15, 0.2) is 4.87 Å². The van der Waals surface area contributed by atoms with Crippen molar-refractivity contribution < 1.29 is 9.53 Å². The first-order valence-electron chi connectivity index (χ1n) is 6.09. The fourth-order valence-electron chi connectivity index (χ4n) is 2.62. The van der Waals surface area contributed by atoms with Crippen LogP contribution in [0.5, 0.6) is 0 Å². The maximum Gasteiger partial charge on any atom is 0.262 e. The lowest BCUT2D eigenvalue weighted by Gasteiger charge is -2.23. The van der Waals surface area contributed by atoms with Gasteiger partial charge < -0.3 is 9.64 Å². The SMILES string of the molecule is COCCN1C(=O)C2(NCCS2)c2ccccc21. The average molecular weight is 264 g/mol. The molecule has 96 valence electrons. The Kier molecular flexibility index (Phi) is 3.05. The monoisotopic (exact) mass is 264 g/mol. The predicted molar refractivity (Wildman–Crippen MR) is 72.8 cm³/mol. The molecule has 1 unspecified atom stereocenters. The zero-order valence-corrected chi connectivity index (χ0v) is 11.1. The van der Waals surface area contributed by atoms with Gasteiger partial charge in [-0.05, 0) is 6.07 Å². The molecule has 1 saturated heterocycles. The molecule has 1 aromatic rings. The fraction of sp³-hybridized carbons (Fsp3) is 0.462. The van der Waals surface area contributed by atoms with Crippen molar-refractivity contribution in [3.63, 3.8) is 0 Å². The summed E-state index contributed by atoms with van der Waals surface area (Å²) in [6, 6.07) is 8.03. The predicted octanol–water partition coefficient (Wildman–Crippen LogP) is 1.17. The number of para-hydroxylation sites is 1. The maximum atomic E-state index is 12.7. The number of fused-ring (bicyclic) bond motifs is 2. The van der Waals surface area contributed by atoms with E-state index in [4.69, 9.17) is 4.74 Å². The Morgan fingerprint density at radius 3 is 3.06 bits per heavy atom. The molecule has 0 radical (unpaired) electrons. The molecule has 1 spiro atoms. The number of nitrogens with zero attached hydrogens (tertiary/aromatic N) is 1. The Balaban J connectivity index is 2.02. The highest BCUT2D eigenvalue weighted by Crippen LogP contribution is 2.48. The molecule has 3 rings (SSSR count). The lowest BCUT2D eigenvalue weighted by Crippen LogP contribution is -2.45. The summed E-state index contributed by atoms with van der Waals surface area (Å²) in [5.41, 5.74) is 2.11. The number of carbonyl (C=O) groups is 1. The van der Waals surface area contributed by atoms with Gasteiger partial charge in [-0.25, -0.2) is 0 Å². The summed E-state index contributed by atoms with van der Waals surface area (Å²) in [7, 11) is 1.66. The Labute approximate surface area is 111 Å². The molecule has 4 nitrogen and oxygen atoms in total. The number of hydrogen-bond donors (Lipinski definition) is 1. The topological polar surface area (TPSA) is 41.6 Å². The van der Waals surface area contributed by atoms with Gasteiger partial charge in [0.1, 0.15) is 0 Å². The van der Waals surface area contributed by atoms with Crippen molar-refractivity contribution >= 4 is 23.4 Å². The minimum Gasteiger partial charge on any atom is -0.383 e. The van der Waals surface area contributed by atoms with Crippen LogP contribution in [-0.4, -0.2) is 38.5 Å². The summed E-state index contributed by atoms with van der Waals surface area (Å²) in [5, 5.41) is 3.38. The quantitative estimate of drug-likeness (QED) is 0.890. The van der Waals surface area contributed by atoms with Crippen molar-refractivity contribution in [2.75, 3.05) is 37.5 Å². The van der Waals surface area contributed by atoms with Gasteiger partial charge in [0.05, 0.1) is 12.3 Å². The highest BCUT2D eigenvalue weighted by Gasteiger charge is 2.52. The number of ether oxygens (including phenoxy) is 1. The first-order valence-corrected chi connectivity index (χ1v) is 7.07. The summed E-state index contributed by atoms with van der Waals surface area (Å²) in [4.78, 5) is 14.0. The largest absolute Gasteiger partial charge is 0.383 e. The summed E-state index contributed by atoms with van der Waals surface area (Å²) in [6.07, 6.45) is 0. The highest BCUT2D eigenvalue weighted by molar-refractivity contribution is 8.01. The third-order valence-corrected chi connectivity index (χ3v) is 4.81. The van der Waals surface area contributed by atoms with E-state index < -0.39 is 4.87 Å². The fourth-order valence-corrected chi connectivity index (χ4v) is 3.89. The van der Waals surface area contributed by atoms with Crippen LogP contribution < -0.4 is 10.2 Å². The molecule has 5 heteroatoms. The number of methoxy groups -OCH3 is 1. The Bertz CT molecular complexity index is 472. The smallest absolute Gasteiger partial charge is 0.262 e. The zero-order valence-electron chi connectivity index (χ0n) is 10.3. The number of benzene rings is 1. The molecule has 18 heavy (non-hydrogen) atoms. The lowest BCUT2D eigenvalue weighted by atomic mass is 10.1. The van der Waals surface area contributed by atoms with E-state index >= 15 is 0 Å². The average Bonchev–Trinajstić information content (AvgIpc) is 2.97. The molecule has 2 heterocycles. The van der Waals surface area contributed by atoms with Crippen LogP contribution in [0.15, 0.2) is 24.3 Å². The van der Waals surface area contributed by atoms with Crippen molar-refractivity contribution in [3.05, 3.63) is 29.8 Å². The Morgan fingerprint density at radius 2 is 2.33 bits per heavy atom. The molecule has 2 aliphatic rings. The van der Waals surface area contributed by atoms with Crippen molar-refractivity contribution in [3.8, 4) is 0 Å². The van der Waals surface area contributed by atoms with Gasteiger partial charge >= 0.3 is 0 Å². The number of amides is 1. The van der Waals surface area contributed by atoms with Gasteiger partial charge in [0, 0.05) is 31.5 Å². The van der Waals surface area contributed by atoms with Crippen LogP contribution in [0.1, 0.15) is 5.56 Å². The van der Waals surface area contributed by atoms with Crippen LogP contribution in [0.4, 0.5) is 5.69 Å². The van der Waals surface area contributed by atoms with E-state index in [2.05, 4.69) is 5.32 Å². The molecule has 0 bridgehead atoms. The number of carbonyl (C=O) groups excluding carboxylic acids is 1. The Hall–Kier alpha value is -1.04. The van der Waals surface area contributed by atoms with Crippen LogP contribution in [0.2, 0.25) is 0 Å². The highest BCUT2D eigenvalue weighted by atomic mass is 32.2. The van der Waals surface area contributed by atoms with Crippen molar-refractivity contribution in [2.24, 2.45) is 0 Å². The molecular formula is C13H16N2O2S. The number of thioether (sulfide) groups is 1. The van der Waals surface area contributed by atoms with Crippen molar-refractivity contribution in [1.29, 1.82) is 0 Å². The molecule has 1 atom stereocenters. The maximum absolute atomic E-state index is 12.7. The van der Waals surface area contributed by atoms with Crippen LogP contribution in [0.3, 0.4) is 0 Å². The van der Waals surface area contributed by atoms with E-state index in [1.807, 2.05) is 29.2 Å². The second-order valence-electron chi connectivity index (χ2n) is 4.42. The van der Waals surface area contributed by atoms with E-state index in [1.165, 1.54) is 0 Å². The van der Waals surface area contributed by atoms with Gasteiger partial charge in [0.2, 0.25) is 0 Å². The zero-order chi connectivity index (χ0) is 12.6. The standard InChI is InChI=1S/C13H16N2O2S/c1-17-8-7-15-11-5-3-2-4-10(11)13(12(15)16)14-6-9-18-13/h2-5,14H,6-9H2,1H3. The molecule has 0 aliphatic carbocycles. The summed E-state index contributed by atoms with van der Waals surface area (Å²) < 4.78 is 5.10. The van der Waals surface area contributed by atoms with E-state index in [-0.39, 0.29) is 5.91 Å².